The lowest BCUT2D eigenvalue weighted by Gasteiger charge is -2.21. The summed E-state index contributed by atoms with van der Waals surface area (Å²) in [4.78, 5) is 22.9. The molecule has 1 aliphatic heterocycles. The number of aliphatic carboxylic acids is 1. The smallest absolute Gasteiger partial charge is 0.311 e. The molecule has 0 radical (unpaired) electrons. The highest BCUT2D eigenvalue weighted by atomic mass is 16.5. The Labute approximate surface area is 212 Å². The van der Waals surface area contributed by atoms with Crippen molar-refractivity contribution in [2.45, 2.75) is 102 Å². The molecule has 35 heavy (non-hydrogen) atoms. The summed E-state index contributed by atoms with van der Waals surface area (Å²) in [6, 6.07) is 19.2. The fourth-order valence-corrected chi connectivity index (χ4v) is 4.65. The van der Waals surface area contributed by atoms with Crippen molar-refractivity contribution in [1.29, 1.82) is 0 Å². The van der Waals surface area contributed by atoms with Crippen LogP contribution in [0.3, 0.4) is 0 Å². The minimum atomic E-state index is -0.780. The molecule has 4 nitrogen and oxygen atoms in total. The van der Waals surface area contributed by atoms with E-state index in [1.54, 1.807) is 0 Å². The standard InChI is InChI=1S/C16H16O2.C15H28O2/c1-12(13-8-4-2-5-9-13)15(16(17)18)14-10-6-3-7-11-14;16-15-13-11-9-7-5-3-1-2-4-6-8-10-12-14-17-15/h2-12,15H,1H3,(H,17,18);1-14H2. The number of hydrogen-bond donors (Lipinski definition) is 1. The highest BCUT2D eigenvalue weighted by Gasteiger charge is 2.27. The second-order valence-electron chi connectivity index (χ2n) is 9.64. The molecule has 4 heteroatoms. The van der Waals surface area contributed by atoms with E-state index in [1.807, 2.05) is 67.6 Å². The number of carbonyl (C=O) groups is 2. The van der Waals surface area contributed by atoms with E-state index in [-0.39, 0.29) is 11.9 Å². The lowest BCUT2D eigenvalue weighted by molar-refractivity contribution is -0.144. The number of cyclic esters (lactones) is 1. The van der Waals surface area contributed by atoms with Crippen molar-refractivity contribution >= 4 is 11.9 Å². The zero-order chi connectivity index (χ0) is 25.1. The Morgan fingerprint density at radius 1 is 0.686 bits per heavy atom. The van der Waals surface area contributed by atoms with Crippen LogP contribution in [0.5, 0.6) is 0 Å². The van der Waals surface area contributed by atoms with Gasteiger partial charge < -0.3 is 9.84 Å². The molecule has 2 unspecified atom stereocenters. The quantitative estimate of drug-likeness (QED) is 0.447. The van der Waals surface area contributed by atoms with Gasteiger partial charge in [-0.05, 0) is 29.9 Å². The number of ether oxygens (including phenoxy) is 1. The Morgan fingerprint density at radius 3 is 1.60 bits per heavy atom. The minimum Gasteiger partial charge on any atom is -0.481 e. The van der Waals surface area contributed by atoms with Crippen molar-refractivity contribution in [2.24, 2.45) is 0 Å². The number of esters is 1. The third-order valence-electron chi connectivity index (χ3n) is 6.79. The fourth-order valence-electron chi connectivity index (χ4n) is 4.65. The maximum absolute atomic E-state index is 11.5. The Hall–Kier alpha value is -2.62. The van der Waals surface area contributed by atoms with Crippen LogP contribution < -0.4 is 0 Å². The normalized spacial score (nSPS) is 18.3. The number of hydrogen-bond acceptors (Lipinski definition) is 3. The first-order valence-corrected chi connectivity index (χ1v) is 13.6. The highest BCUT2D eigenvalue weighted by molar-refractivity contribution is 5.77. The molecule has 1 aliphatic rings. The molecule has 1 fully saturated rings. The largest absolute Gasteiger partial charge is 0.481 e. The fraction of sp³-hybridized carbons (Fsp3) is 0.548. The van der Waals surface area contributed by atoms with Gasteiger partial charge in [0.2, 0.25) is 0 Å². The Bertz CT molecular complexity index is 800. The third kappa shape index (κ3) is 12.1. The third-order valence-corrected chi connectivity index (χ3v) is 6.79. The van der Waals surface area contributed by atoms with Gasteiger partial charge in [-0.25, -0.2) is 0 Å². The molecule has 1 heterocycles. The van der Waals surface area contributed by atoms with Crippen molar-refractivity contribution in [3.63, 3.8) is 0 Å². The number of carbonyl (C=O) groups excluding carboxylic acids is 1. The van der Waals surface area contributed by atoms with E-state index in [1.165, 1.54) is 64.2 Å². The molecule has 1 saturated heterocycles. The minimum absolute atomic E-state index is 0.0112. The first-order valence-electron chi connectivity index (χ1n) is 13.6. The number of carboxylic acid groups (broad SMARTS) is 1. The van der Waals surface area contributed by atoms with Crippen LogP contribution in [0, 0.1) is 0 Å². The molecular formula is C31H44O4. The van der Waals surface area contributed by atoms with Crippen molar-refractivity contribution in [2.75, 3.05) is 6.61 Å². The molecule has 0 spiro atoms. The van der Waals surface area contributed by atoms with Crippen LogP contribution in [0.4, 0.5) is 0 Å². The predicted molar refractivity (Wildman–Crippen MR) is 143 cm³/mol. The molecule has 0 saturated carbocycles. The van der Waals surface area contributed by atoms with Gasteiger partial charge in [-0.3, -0.25) is 9.59 Å². The first kappa shape index (κ1) is 28.6. The van der Waals surface area contributed by atoms with E-state index < -0.39 is 11.9 Å². The second-order valence-corrected chi connectivity index (χ2v) is 9.64. The SMILES string of the molecule is CC(c1ccccc1)C(C(=O)O)c1ccccc1.O=C1CCCCCCCCCCCCCCO1. The van der Waals surface area contributed by atoms with Crippen LogP contribution in [-0.2, 0) is 14.3 Å². The maximum Gasteiger partial charge on any atom is 0.311 e. The van der Waals surface area contributed by atoms with E-state index in [0.29, 0.717) is 13.0 Å². The van der Waals surface area contributed by atoms with Crippen LogP contribution >= 0.6 is 0 Å². The number of carboxylic acids is 1. The molecule has 3 rings (SSSR count). The summed E-state index contributed by atoms with van der Waals surface area (Å²) in [7, 11) is 0. The molecule has 0 aliphatic carbocycles. The first-order chi connectivity index (χ1) is 17.1. The van der Waals surface area contributed by atoms with E-state index >= 15 is 0 Å². The van der Waals surface area contributed by atoms with E-state index in [2.05, 4.69) is 0 Å². The molecule has 0 bridgehead atoms. The van der Waals surface area contributed by atoms with Crippen LogP contribution in [0.25, 0.3) is 0 Å². The molecule has 2 aromatic rings. The summed E-state index contributed by atoms with van der Waals surface area (Å²) >= 11 is 0. The molecule has 192 valence electrons. The van der Waals surface area contributed by atoms with Gasteiger partial charge in [0.15, 0.2) is 0 Å². The van der Waals surface area contributed by atoms with Gasteiger partial charge in [0.25, 0.3) is 0 Å². The van der Waals surface area contributed by atoms with E-state index in [9.17, 15) is 14.7 Å². The van der Waals surface area contributed by atoms with Crippen LogP contribution in [0.15, 0.2) is 60.7 Å². The van der Waals surface area contributed by atoms with Gasteiger partial charge in [0.1, 0.15) is 0 Å². The average molecular weight is 481 g/mol. The molecule has 0 aromatic heterocycles. The summed E-state index contributed by atoms with van der Waals surface area (Å²) in [6.45, 7) is 2.60. The molecular weight excluding hydrogens is 436 g/mol. The van der Waals surface area contributed by atoms with Crippen molar-refractivity contribution < 1.29 is 19.4 Å². The maximum atomic E-state index is 11.5. The summed E-state index contributed by atoms with van der Waals surface area (Å²) < 4.78 is 5.20. The summed E-state index contributed by atoms with van der Waals surface area (Å²) in [5.41, 5.74) is 1.90. The molecule has 2 atom stereocenters. The predicted octanol–water partition coefficient (Wildman–Crippen LogP) is 8.27. The van der Waals surface area contributed by atoms with Crippen molar-refractivity contribution in [1.82, 2.24) is 0 Å². The van der Waals surface area contributed by atoms with Gasteiger partial charge in [-0.15, -0.1) is 0 Å². The second kappa shape index (κ2) is 17.8. The summed E-state index contributed by atoms with van der Waals surface area (Å²) in [5, 5.41) is 9.46. The Balaban J connectivity index is 0.000000247. The Morgan fingerprint density at radius 2 is 1.11 bits per heavy atom. The highest BCUT2D eigenvalue weighted by Crippen LogP contribution is 2.32. The lowest BCUT2D eigenvalue weighted by atomic mass is 9.83. The lowest BCUT2D eigenvalue weighted by Crippen LogP contribution is -2.18. The number of rotatable bonds is 4. The zero-order valence-corrected chi connectivity index (χ0v) is 21.5. The van der Waals surface area contributed by atoms with E-state index in [0.717, 1.165) is 24.0 Å². The average Bonchev–Trinajstić information content (AvgIpc) is 2.87. The van der Waals surface area contributed by atoms with Crippen LogP contribution in [-0.4, -0.2) is 23.7 Å². The van der Waals surface area contributed by atoms with Gasteiger partial charge in [0.05, 0.1) is 12.5 Å². The van der Waals surface area contributed by atoms with Crippen LogP contribution in [0.1, 0.15) is 113 Å². The van der Waals surface area contributed by atoms with Crippen molar-refractivity contribution in [3.8, 4) is 0 Å². The topological polar surface area (TPSA) is 63.6 Å². The van der Waals surface area contributed by atoms with Crippen molar-refractivity contribution in [3.05, 3.63) is 71.8 Å². The van der Waals surface area contributed by atoms with Gasteiger partial charge in [0, 0.05) is 6.42 Å². The van der Waals surface area contributed by atoms with Crippen LogP contribution in [0.2, 0.25) is 0 Å². The molecule has 2 aromatic carbocycles. The summed E-state index contributed by atoms with van der Waals surface area (Å²) in [6.07, 6.45) is 16.0. The molecule has 1 N–H and O–H groups in total. The zero-order valence-electron chi connectivity index (χ0n) is 21.5. The monoisotopic (exact) mass is 480 g/mol. The van der Waals surface area contributed by atoms with Gasteiger partial charge in [-0.1, -0.05) is 132 Å². The number of benzene rings is 2. The van der Waals surface area contributed by atoms with Gasteiger partial charge >= 0.3 is 11.9 Å². The van der Waals surface area contributed by atoms with E-state index in [4.69, 9.17) is 4.74 Å². The Kier molecular flexibility index (Phi) is 14.5. The summed E-state index contributed by atoms with van der Waals surface area (Å²) in [5.74, 6) is -1.32. The van der Waals surface area contributed by atoms with Gasteiger partial charge in [-0.2, -0.15) is 0 Å². The molecule has 0 amide bonds.